The number of nitriles is 1. The van der Waals surface area contributed by atoms with Crippen molar-refractivity contribution in [3.05, 3.63) is 88.8 Å². The summed E-state index contributed by atoms with van der Waals surface area (Å²) in [7, 11) is 0. The normalized spacial score (nSPS) is 14.8. The van der Waals surface area contributed by atoms with E-state index in [4.69, 9.17) is 16.9 Å². The fourth-order valence-electron chi connectivity index (χ4n) is 5.36. The van der Waals surface area contributed by atoms with Crippen molar-refractivity contribution in [1.82, 2.24) is 15.0 Å². The number of carbonyl (C=O) groups is 1. The molecule has 0 unspecified atom stereocenters. The molecule has 2 aromatic heterocycles. The van der Waals surface area contributed by atoms with Crippen LogP contribution in [-0.2, 0) is 17.6 Å². The van der Waals surface area contributed by atoms with Gasteiger partial charge in [-0.3, -0.25) is 9.78 Å². The van der Waals surface area contributed by atoms with E-state index < -0.39 is 0 Å². The van der Waals surface area contributed by atoms with Gasteiger partial charge in [-0.15, -0.1) is 0 Å². The summed E-state index contributed by atoms with van der Waals surface area (Å²) in [5.74, 6) is 1.26. The Hall–Kier alpha value is -4.68. The molecule has 10 heteroatoms. The Bertz CT molecular complexity index is 1610. The third-order valence-electron chi connectivity index (χ3n) is 7.57. The van der Waals surface area contributed by atoms with E-state index in [1.165, 1.54) is 0 Å². The van der Waals surface area contributed by atoms with Crippen molar-refractivity contribution in [1.29, 1.82) is 5.26 Å². The van der Waals surface area contributed by atoms with Gasteiger partial charge in [-0.2, -0.15) is 10.2 Å². The lowest BCUT2D eigenvalue weighted by molar-refractivity contribution is -0.117. The van der Waals surface area contributed by atoms with Crippen LogP contribution in [0.15, 0.2) is 67.1 Å². The zero-order valence-corrected chi connectivity index (χ0v) is 23.2. The first-order valence-corrected chi connectivity index (χ1v) is 14.1. The summed E-state index contributed by atoms with van der Waals surface area (Å²) in [6.45, 7) is 1.79. The third kappa shape index (κ3) is 6.39. The number of halogens is 1. The fraction of sp³-hybridized carbons (Fsp3) is 0.258. The van der Waals surface area contributed by atoms with E-state index in [0.717, 1.165) is 72.6 Å². The third-order valence-corrected chi connectivity index (χ3v) is 7.85. The number of rotatable bonds is 4. The van der Waals surface area contributed by atoms with Crippen molar-refractivity contribution in [2.45, 2.75) is 32.1 Å². The number of anilines is 6. The highest BCUT2D eigenvalue weighted by molar-refractivity contribution is 6.32. The van der Waals surface area contributed by atoms with Crippen molar-refractivity contribution in [3.63, 3.8) is 0 Å². The second-order valence-electron chi connectivity index (χ2n) is 10.4. The van der Waals surface area contributed by atoms with E-state index >= 15 is 0 Å². The molecule has 206 valence electrons. The van der Waals surface area contributed by atoms with Gasteiger partial charge in [0.15, 0.2) is 5.82 Å². The Morgan fingerprint density at radius 2 is 1.85 bits per heavy atom. The van der Waals surface area contributed by atoms with Gasteiger partial charge in [-0.05, 0) is 91.3 Å². The minimum Gasteiger partial charge on any atom is -0.372 e. The van der Waals surface area contributed by atoms with Gasteiger partial charge in [0, 0.05) is 42.8 Å². The lowest BCUT2D eigenvalue weighted by Gasteiger charge is -2.33. The van der Waals surface area contributed by atoms with Crippen molar-refractivity contribution < 1.29 is 4.79 Å². The van der Waals surface area contributed by atoms with E-state index in [1.807, 2.05) is 54.7 Å². The molecule has 1 fully saturated rings. The van der Waals surface area contributed by atoms with Crippen LogP contribution in [-0.4, -0.2) is 33.9 Å². The topological polar surface area (TPSA) is 119 Å². The van der Waals surface area contributed by atoms with Gasteiger partial charge in [0.2, 0.25) is 11.9 Å². The largest absolute Gasteiger partial charge is 0.372 e. The summed E-state index contributed by atoms with van der Waals surface area (Å²) in [6.07, 6.45) is 8.99. The van der Waals surface area contributed by atoms with Gasteiger partial charge in [0.05, 0.1) is 29.7 Å². The van der Waals surface area contributed by atoms with Crippen LogP contribution in [0.25, 0.3) is 0 Å². The summed E-state index contributed by atoms with van der Waals surface area (Å²) in [5, 5.41) is 19.1. The molecule has 3 N–H and O–H groups in total. The van der Waals surface area contributed by atoms with E-state index in [9.17, 15) is 4.79 Å². The minimum absolute atomic E-state index is 0.0260. The second-order valence-corrected chi connectivity index (χ2v) is 10.8. The zero-order valence-electron chi connectivity index (χ0n) is 22.4. The first-order valence-electron chi connectivity index (χ1n) is 13.7. The van der Waals surface area contributed by atoms with Crippen LogP contribution < -0.4 is 20.9 Å². The zero-order chi connectivity index (χ0) is 28.2. The Labute approximate surface area is 243 Å². The van der Waals surface area contributed by atoms with Crippen LogP contribution in [0.4, 0.5) is 34.5 Å². The number of pyridine rings is 1. The average molecular weight is 565 g/mol. The molecule has 0 aliphatic carbocycles. The Balaban J connectivity index is 1.14. The Kier molecular flexibility index (Phi) is 7.65. The predicted octanol–water partition coefficient (Wildman–Crippen LogP) is 6.23. The van der Waals surface area contributed by atoms with E-state index in [2.05, 4.69) is 41.9 Å². The monoisotopic (exact) mass is 564 g/mol. The predicted molar refractivity (Wildman–Crippen MR) is 161 cm³/mol. The maximum atomic E-state index is 13.2. The van der Waals surface area contributed by atoms with E-state index in [1.54, 1.807) is 12.4 Å². The maximum absolute atomic E-state index is 13.2. The lowest BCUT2D eigenvalue weighted by Crippen LogP contribution is -2.34. The highest BCUT2D eigenvalue weighted by Crippen LogP contribution is 2.30. The summed E-state index contributed by atoms with van der Waals surface area (Å²) >= 11 is 6.38. The minimum atomic E-state index is 0.0260. The molecule has 2 aromatic carbocycles. The molecule has 4 aromatic rings. The molecular formula is C31H29ClN8O. The molecule has 6 bridgehead atoms. The number of nitrogens with zero attached hydrogens (tertiary/aromatic N) is 5. The van der Waals surface area contributed by atoms with E-state index in [-0.39, 0.29) is 5.91 Å². The maximum Gasteiger partial charge on any atom is 0.229 e. The van der Waals surface area contributed by atoms with E-state index in [0.29, 0.717) is 34.7 Å². The molecule has 1 amide bonds. The molecule has 41 heavy (non-hydrogen) atoms. The number of hydrogen-bond acceptors (Lipinski definition) is 8. The molecule has 0 spiro atoms. The molecule has 2 aliphatic heterocycles. The van der Waals surface area contributed by atoms with Gasteiger partial charge in [0.25, 0.3) is 0 Å². The van der Waals surface area contributed by atoms with Crippen molar-refractivity contribution in [2.24, 2.45) is 5.92 Å². The first-order chi connectivity index (χ1) is 20.0. The SMILES string of the molecule is N#Cc1ccc(N2CCC(CC(=O)Nc3ccc4cc3CCc3cncc(c3)Nc3ncc(Cl)c(n3)N4)CC2)cc1. The lowest BCUT2D eigenvalue weighted by atomic mass is 9.92. The fourth-order valence-corrected chi connectivity index (χ4v) is 5.50. The van der Waals surface area contributed by atoms with Gasteiger partial charge < -0.3 is 20.9 Å². The number of carbonyl (C=O) groups excluding carboxylic acids is 1. The van der Waals surface area contributed by atoms with Crippen LogP contribution in [0.3, 0.4) is 0 Å². The number of amides is 1. The quantitative estimate of drug-likeness (QED) is 0.267. The summed E-state index contributed by atoms with van der Waals surface area (Å²) < 4.78 is 0. The Morgan fingerprint density at radius 1 is 1.02 bits per heavy atom. The molecule has 1 saturated heterocycles. The molecule has 0 saturated carbocycles. The van der Waals surface area contributed by atoms with Crippen molar-refractivity contribution in [3.8, 4) is 6.07 Å². The standard InChI is InChI=1S/C31H29ClN8O/c32-27-19-35-31-37-25-13-22(17-34-18-25)1-4-23-15-24(36-30(27)39-31)5-8-28(23)38-29(41)14-20-9-11-40(12-10-20)26-6-2-21(16-33)3-7-26/h2-3,5-8,13,15,17-20H,1,4,9-12,14H2,(H,38,41)(H2,35,36,37,39). The van der Waals surface area contributed by atoms with Gasteiger partial charge >= 0.3 is 0 Å². The molecule has 0 atom stereocenters. The van der Waals surface area contributed by atoms with Crippen LogP contribution in [0.1, 0.15) is 36.0 Å². The average Bonchev–Trinajstić information content (AvgIpc) is 2.99. The first kappa shape index (κ1) is 26.5. The van der Waals surface area contributed by atoms with Crippen LogP contribution in [0.5, 0.6) is 0 Å². The summed E-state index contributed by atoms with van der Waals surface area (Å²) in [6, 6.07) is 17.8. The van der Waals surface area contributed by atoms with Gasteiger partial charge in [-0.1, -0.05) is 11.6 Å². The highest BCUT2D eigenvalue weighted by atomic mass is 35.5. The molecule has 9 nitrogen and oxygen atoms in total. The number of aromatic nitrogens is 3. The number of fused-ring (bicyclic) bond motifs is 6. The van der Waals surface area contributed by atoms with Crippen molar-refractivity contribution in [2.75, 3.05) is 33.9 Å². The van der Waals surface area contributed by atoms with Crippen molar-refractivity contribution >= 4 is 52.0 Å². The van der Waals surface area contributed by atoms with Crippen LogP contribution in [0.2, 0.25) is 5.02 Å². The Morgan fingerprint density at radius 3 is 2.66 bits per heavy atom. The highest BCUT2D eigenvalue weighted by Gasteiger charge is 2.22. The number of piperidine rings is 1. The summed E-state index contributed by atoms with van der Waals surface area (Å²) in [5.41, 5.74) is 6.29. The number of hydrogen-bond donors (Lipinski definition) is 3. The molecule has 4 heterocycles. The molecule has 2 aliphatic rings. The molecule has 0 radical (unpaired) electrons. The summed E-state index contributed by atoms with van der Waals surface area (Å²) in [4.78, 5) is 28.7. The van der Waals surface area contributed by atoms with Crippen LogP contribution >= 0.6 is 11.6 Å². The second kappa shape index (κ2) is 11.8. The number of benzene rings is 2. The number of aryl methyl sites for hydroxylation is 2. The van der Waals surface area contributed by atoms with Gasteiger partial charge in [0.1, 0.15) is 5.02 Å². The number of nitrogens with one attached hydrogen (secondary N) is 3. The smallest absolute Gasteiger partial charge is 0.229 e. The van der Waals surface area contributed by atoms with Crippen LogP contribution in [0, 0.1) is 17.2 Å². The molecular weight excluding hydrogens is 536 g/mol. The molecule has 6 rings (SSSR count). The van der Waals surface area contributed by atoms with Gasteiger partial charge in [-0.25, -0.2) is 4.98 Å².